The third-order valence-electron chi connectivity index (χ3n) is 1.52. The van der Waals surface area contributed by atoms with Gasteiger partial charge in [0.25, 0.3) is 5.91 Å². The molecule has 0 radical (unpaired) electrons. The van der Waals surface area contributed by atoms with Crippen LogP contribution in [-0.2, 0) is 9.63 Å². The molecule has 0 unspecified atom stereocenters. The first-order chi connectivity index (χ1) is 8.56. The minimum atomic E-state index is -0.959. The molecule has 0 aromatic carbocycles. The summed E-state index contributed by atoms with van der Waals surface area (Å²) in [6.07, 6.45) is 2.71. The van der Waals surface area contributed by atoms with Gasteiger partial charge in [0.2, 0.25) is 0 Å². The first-order valence-corrected chi connectivity index (χ1v) is 4.98. The average Bonchev–Trinajstić information content (AvgIpc) is 2.38. The summed E-state index contributed by atoms with van der Waals surface area (Å²) < 4.78 is 0. The fraction of sp³-hybridized carbons (Fsp3) is 0.182. The molecule has 4 amide bonds. The Labute approximate surface area is 105 Å². The predicted octanol–water partition coefficient (Wildman–Crippen LogP) is 0.724. The van der Waals surface area contributed by atoms with Crippen LogP contribution >= 0.6 is 0 Å². The van der Waals surface area contributed by atoms with Gasteiger partial charge in [-0.15, -0.1) is 13.2 Å². The van der Waals surface area contributed by atoms with Gasteiger partial charge < -0.3 is 15.5 Å². The van der Waals surface area contributed by atoms with Crippen molar-refractivity contribution in [3.63, 3.8) is 0 Å². The van der Waals surface area contributed by atoms with E-state index in [0.29, 0.717) is 0 Å². The topological polar surface area (TPSA) is 87.7 Å². The Kier molecular flexibility index (Phi) is 7.34. The monoisotopic (exact) mass is 253 g/mol. The molecule has 7 nitrogen and oxygen atoms in total. The lowest BCUT2D eigenvalue weighted by Gasteiger charge is -2.17. The number of nitrogens with one attached hydrogen (secondary N) is 2. The van der Waals surface area contributed by atoms with Crippen LogP contribution in [0.25, 0.3) is 0 Å². The molecule has 0 aliphatic rings. The Morgan fingerprint density at radius 1 is 1.06 bits per heavy atom. The summed E-state index contributed by atoms with van der Waals surface area (Å²) >= 11 is 0. The van der Waals surface area contributed by atoms with E-state index in [1.807, 2.05) is 0 Å². The largest absolute Gasteiger partial charge is 0.432 e. The van der Waals surface area contributed by atoms with Crippen LogP contribution in [0.2, 0.25) is 0 Å². The van der Waals surface area contributed by atoms with E-state index >= 15 is 0 Å². The van der Waals surface area contributed by atoms with Gasteiger partial charge in [0.05, 0.1) is 0 Å². The van der Waals surface area contributed by atoms with Gasteiger partial charge in [-0.1, -0.05) is 23.8 Å². The summed E-state index contributed by atoms with van der Waals surface area (Å²) in [5.41, 5.74) is 0. The van der Waals surface area contributed by atoms with Crippen molar-refractivity contribution < 1.29 is 19.2 Å². The van der Waals surface area contributed by atoms with Crippen molar-refractivity contribution >= 4 is 18.0 Å². The summed E-state index contributed by atoms with van der Waals surface area (Å²) in [5, 5.41) is 4.79. The molecule has 7 heteroatoms. The van der Waals surface area contributed by atoms with Crippen molar-refractivity contribution in [2.24, 2.45) is 0 Å². The molecule has 0 fully saturated rings. The predicted molar refractivity (Wildman–Crippen MR) is 65.3 cm³/mol. The van der Waals surface area contributed by atoms with Crippen LogP contribution < -0.4 is 10.6 Å². The van der Waals surface area contributed by atoms with Crippen molar-refractivity contribution in [2.75, 3.05) is 13.1 Å². The quantitative estimate of drug-likeness (QED) is 0.429. The van der Waals surface area contributed by atoms with E-state index < -0.39 is 18.0 Å². The second-order valence-electron chi connectivity index (χ2n) is 2.86. The molecule has 0 aromatic rings. The molecule has 18 heavy (non-hydrogen) atoms. The van der Waals surface area contributed by atoms with E-state index in [4.69, 9.17) is 0 Å². The number of hydroxylamine groups is 2. The maximum Gasteiger partial charge on any atom is 0.432 e. The number of nitrogens with zero attached hydrogens (tertiary/aromatic N) is 1. The first kappa shape index (κ1) is 15.4. The molecular formula is C11H15N3O4. The number of hydrogen-bond donors (Lipinski definition) is 2. The highest BCUT2D eigenvalue weighted by Gasteiger charge is 2.23. The lowest BCUT2D eigenvalue weighted by atomic mass is 10.5. The van der Waals surface area contributed by atoms with Crippen LogP contribution in [-0.4, -0.2) is 36.2 Å². The Balaban J connectivity index is 4.57. The van der Waals surface area contributed by atoms with Gasteiger partial charge in [-0.3, -0.25) is 4.79 Å². The average molecular weight is 253 g/mol. The molecule has 98 valence electrons. The van der Waals surface area contributed by atoms with Gasteiger partial charge in [-0.25, -0.2) is 9.59 Å². The Hall–Kier alpha value is -2.57. The zero-order valence-electron chi connectivity index (χ0n) is 9.85. The number of urea groups is 1. The number of hydrogen-bond acceptors (Lipinski definition) is 4. The van der Waals surface area contributed by atoms with E-state index in [-0.39, 0.29) is 18.2 Å². The summed E-state index contributed by atoms with van der Waals surface area (Å²) in [7, 11) is 0. The van der Waals surface area contributed by atoms with Crippen LogP contribution in [0.3, 0.4) is 0 Å². The molecule has 0 bridgehead atoms. The van der Waals surface area contributed by atoms with Crippen LogP contribution in [0.15, 0.2) is 38.0 Å². The Morgan fingerprint density at radius 3 is 2.11 bits per heavy atom. The molecular weight excluding hydrogens is 238 g/mol. The zero-order valence-corrected chi connectivity index (χ0v) is 9.85. The SMILES string of the molecule is C=CCNC(=O)ON(C(=O)C=C)C(=O)NCC=C. The van der Waals surface area contributed by atoms with Crippen LogP contribution in [0, 0.1) is 0 Å². The lowest BCUT2D eigenvalue weighted by molar-refractivity contribution is -0.147. The van der Waals surface area contributed by atoms with E-state index in [9.17, 15) is 14.4 Å². The third-order valence-corrected chi connectivity index (χ3v) is 1.52. The molecule has 0 aromatic heterocycles. The second-order valence-corrected chi connectivity index (χ2v) is 2.86. The number of rotatable bonds is 5. The minimum absolute atomic E-state index is 0.122. The van der Waals surface area contributed by atoms with E-state index in [2.05, 4.69) is 35.2 Å². The van der Waals surface area contributed by atoms with Crippen molar-refractivity contribution in [1.29, 1.82) is 0 Å². The summed E-state index contributed by atoms with van der Waals surface area (Å²) in [6.45, 7) is 10.2. The Morgan fingerprint density at radius 2 is 1.61 bits per heavy atom. The fourth-order valence-electron chi connectivity index (χ4n) is 0.771. The third kappa shape index (κ3) is 5.50. The Bertz CT molecular complexity index is 365. The maximum absolute atomic E-state index is 11.5. The molecule has 0 heterocycles. The molecule has 2 N–H and O–H groups in total. The van der Waals surface area contributed by atoms with E-state index in [1.54, 1.807) is 0 Å². The van der Waals surface area contributed by atoms with Gasteiger partial charge in [0.15, 0.2) is 0 Å². The van der Waals surface area contributed by atoms with Gasteiger partial charge in [-0.2, -0.15) is 0 Å². The molecule has 0 saturated heterocycles. The summed E-state index contributed by atoms with van der Waals surface area (Å²) in [4.78, 5) is 38.5. The van der Waals surface area contributed by atoms with Crippen LogP contribution in [0.4, 0.5) is 9.59 Å². The van der Waals surface area contributed by atoms with Crippen LogP contribution in [0.5, 0.6) is 0 Å². The molecule has 0 aliphatic carbocycles. The second kappa shape index (κ2) is 8.57. The summed E-state index contributed by atoms with van der Waals surface area (Å²) in [6, 6.07) is -0.895. The highest BCUT2D eigenvalue weighted by atomic mass is 16.7. The highest BCUT2D eigenvalue weighted by Crippen LogP contribution is 1.95. The molecule has 0 spiro atoms. The summed E-state index contributed by atoms with van der Waals surface area (Å²) in [5.74, 6) is -0.870. The fourth-order valence-corrected chi connectivity index (χ4v) is 0.771. The van der Waals surface area contributed by atoms with E-state index in [0.717, 1.165) is 6.08 Å². The minimum Gasteiger partial charge on any atom is -0.332 e. The highest BCUT2D eigenvalue weighted by molar-refractivity contribution is 5.99. The molecule has 0 aliphatic heterocycles. The van der Waals surface area contributed by atoms with Crippen molar-refractivity contribution in [3.05, 3.63) is 38.0 Å². The molecule has 0 atom stereocenters. The van der Waals surface area contributed by atoms with Crippen LogP contribution in [0.1, 0.15) is 0 Å². The number of carbonyl (C=O) groups excluding carboxylic acids is 3. The van der Waals surface area contributed by atoms with Gasteiger partial charge in [-0.05, 0) is 6.08 Å². The standard InChI is InChI=1S/C11H15N3O4/c1-4-7-12-10(16)14(9(15)6-3)18-11(17)13-8-5-2/h4-6H,1-3,7-8H2,(H,12,16)(H,13,17). The van der Waals surface area contributed by atoms with Gasteiger partial charge >= 0.3 is 12.1 Å². The number of carbonyl (C=O) groups is 3. The molecule has 0 rings (SSSR count). The number of amides is 4. The van der Waals surface area contributed by atoms with Crippen molar-refractivity contribution in [1.82, 2.24) is 15.7 Å². The smallest absolute Gasteiger partial charge is 0.332 e. The van der Waals surface area contributed by atoms with Gasteiger partial charge in [0, 0.05) is 13.1 Å². The van der Waals surface area contributed by atoms with Crippen molar-refractivity contribution in [2.45, 2.75) is 0 Å². The van der Waals surface area contributed by atoms with Gasteiger partial charge in [0.1, 0.15) is 0 Å². The first-order valence-electron chi connectivity index (χ1n) is 4.98. The lowest BCUT2D eigenvalue weighted by Crippen LogP contribution is -2.46. The maximum atomic E-state index is 11.5. The number of imide groups is 1. The van der Waals surface area contributed by atoms with Crippen molar-refractivity contribution in [3.8, 4) is 0 Å². The zero-order chi connectivity index (χ0) is 14.0. The molecule has 0 saturated carbocycles. The van der Waals surface area contributed by atoms with E-state index in [1.165, 1.54) is 12.2 Å². The normalized spacial score (nSPS) is 8.67.